The highest BCUT2D eigenvalue weighted by molar-refractivity contribution is 8.14. The molecule has 1 unspecified atom stereocenters. The number of esters is 3. The highest BCUT2D eigenvalue weighted by atomic mass is 32.2. The molecule has 1 heterocycles. The number of hydrogen-bond donors (Lipinski definition) is 0. The molecular formula is C28H31NO6S. The van der Waals surface area contributed by atoms with Crippen LogP contribution < -0.4 is 0 Å². The fourth-order valence-corrected chi connectivity index (χ4v) is 5.23. The summed E-state index contributed by atoms with van der Waals surface area (Å²) in [4.78, 5) is 43.6. The fraction of sp³-hybridized carbons (Fsp3) is 0.357. The number of hydrogen-bond acceptors (Lipinski definition) is 8. The van der Waals surface area contributed by atoms with Gasteiger partial charge in [-0.25, -0.2) is 9.79 Å². The number of rotatable bonds is 8. The molecule has 0 bridgehead atoms. The summed E-state index contributed by atoms with van der Waals surface area (Å²) < 4.78 is 15.3. The van der Waals surface area contributed by atoms with Crippen LogP contribution in [0.15, 0.2) is 76.6 Å². The number of carbonyl (C=O) groups is 3. The molecule has 190 valence electrons. The summed E-state index contributed by atoms with van der Waals surface area (Å²) in [6, 6.07) is 17.3. The summed E-state index contributed by atoms with van der Waals surface area (Å²) in [7, 11) is 2.48. The van der Waals surface area contributed by atoms with Crippen LogP contribution in [0.25, 0.3) is 0 Å². The Labute approximate surface area is 215 Å². The van der Waals surface area contributed by atoms with E-state index in [-0.39, 0.29) is 6.42 Å². The maximum absolute atomic E-state index is 12.7. The van der Waals surface area contributed by atoms with E-state index in [4.69, 9.17) is 19.2 Å². The van der Waals surface area contributed by atoms with E-state index in [1.807, 2.05) is 54.6 Å². The van der Waals surface area contributed by atoms with Gasteiger partial charge in [0.25, 0.3) is 0 Å². The third kappa shape index (κ3) is 6.43. The zero-order chi connectivity index (χ0) is 26.3. The molecule has 0 N–H and O–H groups in total. The minimum Gasteiger partial charge on any atom is -0.468 e. The van der Waals surface area contributed by atoms with Gasteiger partial charge in [-0.15, -0.1) is 0 Å². The number of thioether (sulfide) groups is 1. The number of ether oxygens (including phenoxy) is 3. The van der Waals surface area contributed by atoms with Gasteiger partial charge in [0.05, 0.1) is 30.4 Å². The number of allylic oxidation sites excluding steroid dienone is 1. The molecule has 0 aliphatic carbocycles. The monoisotopic (exact) mass is 509 g/mol. The molecule has 0 aromatic heterocycles. The third-order valence-electron chi connectivity index (χ3n) is 5.66. The molecule has 1 atom stereocenters. The quantitative estimate of drug-likeness (QED) is 0.204. The SMILES string of the molecule is COC(=O)C(CC1(C/C=C/C(=O)OC(C)(C)C)C(Sc2ccccc2)=Nc2ccccc21)C(=O)OC. The van der Waals surface area contributed by atoms with Gasteiger partial charge in [-0.3, -0.25) is 9.59 Å². The largest absolute Gasteiger partial charge is 0.468 e. The average molecular weight is 510 g/mol. The average Bonchev–Trinajstić information content (AvgIpc) is 3.14. The van der Waals surface area contributed by atoms with E-state index in [2.05, 4.69) is 0 Å². The predicted molar refractivity (Wildman–Crippen MR) is 139 cm³/mol. The van der Waals surface area contributed by atoms with Crippen molar-refractivity contribution in [3.05, 3.63) is 72.3 Å². The molecule has 8 heteroatoms. The first-order valence-electron chi connectivity index (χ1n) is 11.6. The summed E-state index contributed by atoms with van der Waals surface area (Å²) in [5, 5.41) is 0.710. The van der Waals surface area contributed by atoms with Gasteiger partial charge in [-0.1, -0.05) is 54.2 Å². The van der Waals surface area contributed by atoms with Gasteiger partial charge in [-0.05, 0) is 57.4 Å². The second-order valence-electron chi connectivity index (χ2n) is 9.37. The van der Waals surface area contributed by atoms with E-state index in [1.54, 1.807) is 26.8 Å². The van der Waals surface area contributed by atoms with Crippen molar-refractivity contribution < 1.29 is 28.6 Å². The van der Waals surface area contributed by atoms with Crippen LogP contribution in [-0.2, 0) is 34.0 Å². The molecular weight excluding hydrogens is 478 g/mol. The predicted octanol–water partition coefficient (Wildman–Crippen LogP) is 5.40. The number of para-hydroxylation sites is 1. The summed E-state index contributed by atoms with van der Waals surface area (Å²) in [6.07, 6.45) is 3.44. The van der Waals surface area contributed by atoms with Crippen LogP contribution in [0, 0.1) is 5.92 Å². The Morgan fingerprint density at radius 2 is 1.58 bits per heavy atom. The molecule has 0 amide bonds. The smallest absolute Gasteiger partial charge is 0.330 e. The second-order valence-corrected chi connectivity index (χ2v) is 10.4. The first-order valence-corrected chi connectivity index (χ1v) is 12.4. The molecule has 3 rings (SSSR count). The normalized spacial score (nSPS) is 17.0. The molecule has 0 saturated heterocycles. The van der Waals surface area contributed by atoms with E-state index in [0.717, 1.165) is 16.1 Å². The molecule has 2 aromatic rings. The van der Waals surface area contributed by atoms with Crippen LogP contribution in [0.4, 0.5) is 5.69 Å². The highest BCUT2D eigenvalue weighted by Gasteiger charge is 2.48. The van der Waals surface area contributed by atoms with Crippen molar-refractivity contribution in [2.75, 3.05) is 14.2 Å². The Morgan fingerprint density at radius 1 is 0.972 bits per heavy atom. The number of methoxy groups -OCH3 is 2. The number of fused-ring (bicyclic) bond motifs is 1. The second kappa shape index (κ2) is 11.6. The van der Waals surface area contributed by atoms with E-state index >= 15 is 0 Å². The lowest BCUT2D eigenvalue weighted by atomic mass is 9.72. The van der Waals surface area contributed by atoms with Crippen LogP contribution in [0.3, 0.4) is 0 Å². The third-order valence-corrected chi connectivity index (χ3v) is 6.84. The van der Waals surface area contributed by atoms with Gasteiger partial charge < -0.3 is 14.2 Å². The Kier molecular flexibility index (Phi) is 8.74. The number of carbonyl (C=O) groups excluding carboxylic acids is 3. The van der Waals surface area contributed by atoms with Gasteiger partial charge in [0.2, 0.25) is 0 Å². The standard InChI is InChI=1S/C28H31NO6S/c1-27(2,3)35-23(30)16-11-17-28(18-20(24(31)33-4)25(32)34-5)21-14-9-10-15-22(21)29-26(28)36-19-12-7-6-8-13-19/h6-16,20H,17-18H2,1-5H3/b16-11+. The molecule has 36 heavy (non-hydrogen) atoms. The van der Waals surface area contributed by atoms with E-state index in [1.165, 1.54) is 32.1 Å². The molecule has 0 spiro atoms. The molecule has 7 nitrogen and oxygen atoms in total. The van der Waals surface area contributed by atoms with Crippen molar-refractivity contribution in [2.24, 2.45) is 10.9 Å². The molecule has 0 radical (unpaired) electrons. The van der Waals surface area contributed by atoms with Crippen molar-refractivity contribution in [2.45, 2.75) is 49.5 Å². The van der Waals surface area contributed by atoms with Crippen LogP contribution in [-0.4, -0.2) is 42.8 Å². The Morgan fingerprint density at radius 3 is 2.19 bits per heavy atom. The van der Waals surface area contributed by atoms with Crippen molar-refractivity contribution in [3.63, 3.8) is 0 Å². The Balaban J connectivity index is 2.09. The van der Waals surface area contributed by atoms with Gasteiger partial charge >= 0.3 is 17.9 Å². The summed E-state index contributed by atoms with van der Waals surface area (Å²) in [5.74, 6) is -3.03. The lowest BCUT2D eigenvalue weighted by Crippen LogP contribution is -2.39. The van der Waals surface area contributed by atoms with E-state index in [9.17, 15) is 14.4 Å². The van der Waals surface area contributed by atoms with Gasteiger partial charge in [0.1, 0.15) is 5.60 Å². The Bertz CT molecular complexity index is 1150. The molecule has 0 fully saturated rings. The van der Waals surface area contributed by atoms with Crippen molar-refractivity contribution in [1.29, 1.82) is 0 Å². The summed E-state index contributed by atoms with van der Waals surface area (Å²) in [6.45, 7) is 5.39. The maximum Gasteiger partial charge on any atom is 0.330 e. The van der Waals surface area contributed by atoms with Gasteiger partial charge in [0.15, 0.2) is 5.92 Å². The summed E-state index contributed by atoms with van der Waals surface area (Å²) >= 11 is 1.46. The van der Waals surface area contributed by atoms with E-state index in [0.29, 0.717) is 11.5 Å². The molecule has 1 aliphatic heterocycles. The van der Waals surface area contributed by atoms with Crippen molar-refractivity contribution >= 4 is 40.4 Å². The minimum absolute atomic E-state index is 0.0562. The molecule has 0 saturated carbocycles. The topological polar surface area (TPSA) is 91.3 Å². The van der Waals surface area contributed by atoms with Gasteiger partial charge in [-0.2, -0.15) is 0 Å². The zero-order valence-corrected chi connectivity index (χ0v) is 22.0. The zero-order valence-electron chi connectivity index (χ0n) is 21.1. The van der Waals surface area contributed by atoms with Crippen LogP contribution >= 0.6 is 11.8 Å². The maximum atomic E-state index is 12.7. The first kappa shape index (κ1) is 27.2. The summed E-state index contributed by atoms with van der Waals surface area (Å²) in [5.41, 5.74) is 0.0865. The Hall–Kier alpha value is -3.39. The van der Waals surface area contributed by atoms with E-state index < -0.39 is 34.8 Å². The lowest BCUT2D eigenvalue weighted by molar-refractivity contribution is -0.159. The molecule has 2 aromatic carbocycles. The van der Waals surface area contributed by atoms with Crippen LogP contribution in [0.2, 0.25) is 0 Å². The van der Waals surface area contributed by atoms with Crippen molar-refractivity contribution in [1.82, 2.24) is 0 Å². The fourth-order valence-electron chi connectivity index (χ4n) is 4.09. The minimum atomic E-state index is -1.18. The highest BCUT2D eigenvalue weighted by Crippen LogP contribution is 2.51. The lowest BCUT2D eigenvalue weighted by Gasteiger charge is -2.33. The number of benzene rings is 2. The number of nitrogens with zero attached hydrogens (tertiary/aromatic N) is 1. The van der Waals surface area contributed by atoms with Gasteiger partial charge in [0, 0.05) is 11.0 Å². The first-order chi connectivity index (χ1) is 17.1. The number of aliphatic imine (C=N–C) groups is 1. The van der Waals surface area contributed by atoms with Crippen LogP contribution in [0.1, 0.15) is 39.2 Å². The van der Waals surface area contributed by atoms with Crippen LogP contribution in [0.5, 0.6) is 0 Å². The van der Waals surface area contributed by atoms with Crippen molar-refractivity contribution in [3.8, 4) is 0 Å². The molecule has 1 aliphatic rings.